The lowest BCUT2D eigenvalue weighted by atomic mass is 9.82. The molecule has 0 atom stereocenters. The molecule has 0 heterocycles. The maximum absolute atomic E-state index is 2.40. The zero-order valence-electron chi connectivity index (χ0n) is 32.2. The van der Waals surface area contributed by atoms with Gasteiger partial charge in [0.15, 0.2) is 0 Å². The third-order valence-corrected chi connectivity index (χ3v) is 12.1. The Hall–Kier alpha value is -7.28. The maximum atomic E-state index is 2.40. The Kier molecular flexibility index (Phi) is 8.41. The van der Waals surface area contributed by atoms with E-state index in [1.807, 2.05) is 0 Å². The number of hydrogen-bond acceptors (Lipinski definition) is 0. The van der Waals surface area contributed by atoms with E-state index in [1.165, 1.54) is 110 Å². The average molecular weight is 737 g/mol. The molecule has 10 aromatic carbocycles. The first-order valence-corrected chi connectivity index (χ1v) is 20.4. The van der Waals surface area contributed by atoms with Gasteiger partial charge >= 0.3 is 0 Å². The molecule has 10 aromatic rings. The van der Waals surface area contributed by atoms with E-state index in [-0.39, 0.29) is 0 Å². The predicted octanol–water partition coefficient (Wildman–Crippen LogP) is 14.9. The highest BCUT2D eigenvalue weighted by molar-refractivity contribution is 6.17. The number of rotatable bonds is 7. The highest BCUT2D eigenvalue weighted by Gasteiger charge is 2.19. The topological polar surface area (TPSA) is 0 Å². The van der Waals surface area contributed by atoms with Crippen LogP contribution in [0, 0.1) is 0 Å². The molecule has 1 aliphatic rings. The quantitative estimate of drug-likeness (QED) is 0.153. The molecule has 0 radical (unpaired) electrons. The summed E-state index contributed by atoms with van der Waals surface area (Å²) in [5.41, 5.74) is 19.0. The van der Waals surface area contributed by atoms with Crippen molar-refractivity contribution >= 4 is 27.1 Å². The monoisotopic (exact) mass is 736 g/mol. The lowest BCUT2D eigenvalue weighted by Gasteiger charge is -2.21. The van der Waals surface area contributed by atoms with Gasteiger partial charge in [-0.15, -0.1) is 0 Å². The third-order valence-electron chi connectivity index (χ3n) is 12.1. The van der Waals surface area contributed by atoms with Crippen LogP contribution in [0.1, 0.15) is 17.5 Å². The van der Waals surface area contributed by atoms with Gasteiger partial charge in [-0.05, 0) is 159 Å². The zero-order chi connectivity index (χ0) is 38.4. The predicted molar refractivity (Wildman–Crippen MR) is 247 cm³/mol. The second kappa shape index (κ2) is 14.3. The SMILES string of the molecule is c1ccc(-c2cc(-c3ccccc3)cc(-c3ccc(C4=c5ccc6ccc(-c7cc(-c8ccccc8)cc(-c8ccccc8)c7)c7ccc(c5c67)CC4)cc3)c2)cc1. The van der Waals surface area contributed by atoms with Crippen molar-refractivity contribution in [1.82, 2.24) is 0 Å². The molecular formula is C58H40. The van der Waals surface area contributed by atoms with Crippen molar-refractivity contribution in [3.8, 4) is 66.8 Å². The van der Waals surface area contributed by atoms with Crippen molar-refractivity contribution < 1.29 is 0 Å². The fourth-order valence-electron chi connectivity index (χ4n) is 9.26. The van der Waals surface area contributed by atoms with Gasteiger partial charge < -0.3 is 0 Å². The summed E-state index contributed by atoms with van der Waals surface area (Å²) < 4.78 is 0. The average Bonchev–Trinajstić information content (AvgIpc) is 3.31. The lowest BCUT2D eigenvalue weighted by molar-refractivity contribution is 1.01. The van der Waals surface area contributed by atoms with Gasteiger partial charge in [-0.1, -0.05) is 182 Å². The minimum Gasteiger partial charge on any atom is -0.0622 e. The Labute approximate surface area is 340 Å². The maximum Gasteiger partial charge on any atom is -0.00237 e. The molecule has 0 spiro atoms. The lowest BCUT2D eigenvalue weighted by Crippen LogP contribution is -2.16. The molecule has 0 aromatic heterocycles. The van der Waals surface area contributed by atoms with Crippen molar-refractivity contribution in [2.45, 2.75) is 12.8 Å². The molecule has 0 saturated heterocycles. The van der Waals surface area contributed by atoms with Gasteiger partial charge in [-0.25, -0.2) is 0 Å². The van der Waals surface area contributed by atoms with Crippen LogP contribution in [0.5, 0.6) is 0 Å². The molecule has 0 nitrogen and oxygen atoms in total. The molecule has 0 amide bonds. The van der Waals surface area contributed by atoms with Crippen molar-refractivity contribution in [2.24, 2.45) is 0 Å². The van der Waals surface area contributed by atoms with Gasteiger partial charge in [0.25, 0.3) is 0 Å². The van der Waals surface area contributed by atoms with Crippen LogP contribution in [0.4, 0.5) is 0 Å². The van der Waals surface area contributed by atoms with Gasteiger partial charge in [0.2, 0.25) is 0 Å². The molecule has 11 rings (SSSR count). The second-order valence-electron chi connectivity index (χ2n) is 15.6. The summed E-state index contributed by atoms with van der Waals surface area (Å²) in [5, 5.41) is 6.76. The minimum atomic E-state index is 1.02. The smallest absolute Gasteiger partial charge is 0.00237 e. The van der Waals surface area contributed by atoms with Crippen LogP contribution in [0.3, 0.4) is 0 Å². The van der Waals surface area contributed by atoms with E-state index in [4.69, 9.17) is 0 Å². The molecule has 1 aliphatic carbocycles. The summed E-state index contributed by atoms with van der Waals surface area (Å²) in [6.45, 7) is 0. The zero-order valence-corrected chi connectivity index (χ0v) is 32.2. The third kappa shape index (κ3) is 6.11. The molecule has 0 bridgehead atoms. The van der Waals surface area contributed by atoms with Crippen molar-refractivity contribution in [3.05, 3.63) is 235 Å². The van der Waals surface area contributed by atoms with E-state index in [1.54, 1.807) is 0 Å². The Morgan fingerprint density at radius 2 is 0.672 bits per heavy atom. The van der Waals surface area contributed by atoms with Crippen LogP contribution in [0.2, 0.25) is 0 Å². The van der Waals surface area contributed by atoms with Crippen LogP contribution in [-0.2, 0) is 6.42 Å². The first-order valence-electron chi connectivity index (χ1n) is 20.4. The number of hydrogen-bond donors (Lipinski definition) is 0. The Balaban J connectivity index is 1.04. The molecule has 0 aliphatic heterocycles. The molecule has 0 unspecified atom stereocenters. The van der Waals surface area contributed by atoms with Crippen LogP contribution in [0.15, 0.2) is 218 Å². The van der Waals surface area contributed by atoms with E-state index in [9.17, 15) is 0 Å². The molecule has 0 heteroatoms. The van der Waals surface area contributed by atoms with Gasteiger partial charge in [0.05, 0.1) is 0 Å². The summed E-state index contributed by atoms with van der Waals surface area (Å²) in [5.74, 6) is 0. The molecule has 0 fully saturated rings. The highest BCUT2D eigenvalue weighted by Crippen LogP contribution is 2.41. The Morgan fingerprint density at radius 1 is 0.259 bits per heavy atom. The first-order chi connectivity index (χ1) is 28.7. The first kappa shape index (κ1) is 34.0. The molecule has 272 valence electrons. The summed E-state index contributed by atoms with van der Waals surface area (Å²) >= 11 is 0. The van der Waals surface area contributed by atoms with Crippen LogP contribution in [0.25, 0.3) is 93.9 Å². The van der Waals surface area contributed by atoms with Crippen LogP contribution >= 0.6 is 0 Å². The normalized spacial score (nSPS) is 12.3. The molecule has 0 N–H and O–H groups in total. The number of benzene rings is 10. The standard InChI is InChI=1S/C58H40/c1-5-13-39(14-6-1)47-33-48(40-15-7-2-8-16-40)35-49(34-47)43-21-23-44(24-22-43)53-29-25-45-28-32-56-54(30-26-46-27-31-55(53)57(45)58(46)56)52-37-50(41-17-9-3-10-18-41)36-51(38-52)42-19-11-4-12-20-42/h1-24,26-28,30-38H,25,29H2. The second-order valence-corrected chi connectivity index (χ2v) is 15.6. The van der Waals surface area contributed by atoms with E-state index >= 15 is 0 Å². The van der Waals surface area contributed by atoms with Crippen LogP contribution in [-0.4, -0.2) is 0 Å². The van der Waals surface area contributed by atoms with Gasteiger partial charge in [-0.3, -0.25) is 0 Å². The van der Waals surface area contributed by atoms with Gasteiger partial charge in [0.1, 0.15) is 0 Å². The van der Waals surface area contributed by atoms with Crippen molar-refractivity contribution in [1.29, 1.82) is 0 Å². The molecule has 58 heavy (non-hydrogen) atoms. The largest absolute Gasteiger partial charge is 0.0622 e. The van der Waals surface area contributed by atoms with E-state index in [2.05, 4.69) is 218 Å². The van der Waals surface area contributed by atoms with Gasteiger partial charge in [0, 0.05) is 0 Å². The van der Waals surface area contributed by atoms with E-state index in [0.29, 0.717) is 0 Å². The van der Waals surface area contributed by atoms with Gasteiger partial charge in [-0.2, -0.15) is 0 Å². The summed E-state index contributed by atoms with van der Waals surface area (Å²) in [4.78, 5) is 0. The Bertz CT molecular complexity index is 3040. The number of aryl methyl sites for hydroxylation is 1. The van der Waals surface area contributed by atoms with E-state index < -0.39 is 0 Å². The van der Waals surface area contributed by atoms with E-state index in [0.717, 1.165) is 12.8 Å². The van der Waals surface area contributed by atoms with Crippen LogP contribution < -0.4 is 5.22 Å². The minimum absolute atomic E-state index is 1.02. The summed E-state index contributed by atoms with van der Waals surface area (Å²) in [7, 11) is 0. The molecule has 0 saturated carbocycles. The fraction of sp³-hybridized carbons (Fsp3) is 0.0345. The van der Waals surface area contributed by atoms with Crippen molar-refractivity contribution in [3.63, 3.8) is 0 Å². The fourth-order valence-corrected chi connectivity index (χ4v) is 9.26. The summed E-state index contributed by atoms with van der Waals surface area (Å²) in [6, 6.07) is 80.5. The Morgan fingerprint density at radius 3 is 1.16 bits per heavy atom. The summed E-state index contributed by atoms with van der Waals surface area (Å²) in [6.07, 6.45) is 2.05. The molecular weight excluding hydrogens is 697 g/mol. The van der Waals surface area contributed by atoms with Crippen molar-refractivity contribution in [2.75, 3.05) is 0 Å². The highest BCUT2D eigenvalue weighted by atomic mass is 14.2.